The highest BCUT2D eigenvalue weighted by Gasteiger charge is 2.35. The molecule has 89 heavy (non-hydrogen) atoms. The molecule has 5 nitrogen and oxygen atoms in total. The molecule has 0 saturated heterocycles. The molecule has 0 spiro atoms. The first kappa shape index (κ1) is 72.7. The molecule has 0 aromatic heterocycles. The highest BCUT2D eigenvalue weighted by molar-refractivity contribution is 5.36. The van der Waals surface area contributed by atoms with Crippen molar-refractivity contribution < 1.29 is 58.6 Å². The second-order valence-corrected chi connectivity index (χ2v) is 28.8. The Hall–Kier alpha value is -3.76. The van der Waals surface area contributed by atoms with E-state index in [0.717, 1.165) is 98.2 Å². The molecular weight excluding hydrogens is 1130 g/mol. The molecule has 0 atom stereocenters. The Labute approximate surface area is 545 Å². The number of unbranched alkanes of at least 4 members (excludes halogenated alkanes) is 6. The van der Waals surface area contributed by atoms with E-state index in [-0.39, 0.29) is 37.3 Å². The Bertz CT molecular complexity index is 2440. The van der Waals surface area contributed by atoms with Gasteiger partial charge in [0.05, 0.1) is 33.0 Å². The van der Waals surface area contributed by atoms with Crippen LogP contribution >= 0.6 is 0 Å². The van der Waals surface area contributed by atoms with E-state index in [1.54, 1.807) is 26.0 Å². The van der Waals surface area contributed by atoms with Crippen LogP contribution in [0.25, 0.3) is 0 Å². The summed E-state index contributed by atoms with van der Waals surface area (Å²) in [7, 11) is 0. The molecule has 0 bridgehead atoms. The molecule has 0 N–H and O–H groups in total. The van der Waals surface area contributed by atoms with Gasteiger partial charge in [0.25, 0.3) is 0 Å². The zero-order valence-electron chi connectivity index (χ0n) is 56.4. The second kappa shape index (κ2) is 39.7. The summed E-state index contributed by atoms with van der Waals surface area (Å²) in [6, 6.07) is 9.04. The summed E-state index contributed by atoms with van der Waals surface area (Å²) in [6.45, 7) is 14.2. The summed E-state index contributed by atoms with van der Waals surface area (Å²) in [6.07, 6.45) is 49.1. The largest absolute Gasteiger partial charge is 0.491 e. The average Bonchev–Trinajstić information content (AvgIpc) is 0.924. The number of benzene rings is 3. The van der Waals surface area contributed by atoms with Crippen LogP contribution in [-0.4, -0.2) is 33.0 Å². The molecule has 6 aliphatic rings. The monoisotopic (exact) mass is 1260 g/mol. The Morgan fingerprint density at radius 3 is 0.809 bits per heavy atom. The number of aryl methyl sites for hydroxylation is 1. The Morgan fingerprint density at radius 1 is 0.292 bits per heavy atom. The van der Waals surface area contributed by atoms with Crippen molar-refractivity contribution in [2.75, 3.05) is 33.0 Å². The molecule has 3 aromatic carbocycles. The summed E-state index contributed by atoms with van der Waals surface area (Å²) in [5, 5.41) is 0. The first-order valence-corrected chi connectivity index (χ1v) is 36.9. The van der Waals surface area contributed by atoms with Gasteiger partial charge in [0.15, 0.2) is 34.6 Å². The van der Waals surface area contributed by atoms with Crippen LogP contribution in [0.1, 0.15) is 286 Å². The van der Waals surface area contributed by atoms with E-state index in [4.69, 9.17) is 23.7 Å². The lowest BCUT2D eigenvalue weighted by Crippen LogP contribution is -2.27. The van der Waals surface area contributed by atoms with Gasteiger partial charge in [-0.05, 0) is 243 Å². The van der Waals surface area contributed by atoms with E-state index >= 15 is 0 Å². The lowest BCUT2D eigenvalue weighted by molar-refractivity contribution is 0.120. The number of halogens is 6. The van der Waals surface area contributed by atoms with E-state index in [1.165, 1.54) is 217 Å². The fourth-order valence-electron chi connectivity index (χ4n) is 16.6. The molecule has 0 aliphatic heterocycles. The maximum absolute atomic E-state index is 14.3. The van der Waals surface area contributed by atoms with E-state index < -0.39 is 34.9 Å². The third-order valence-corrected chi connectivity index (χ3v) is 22.4. The van der Waals surface area contributed by atoms with E-state index in [2.05, 4.69) is 20.8 Å². The van der Waals surface area contributed by atoms with Crippen molar-refractivity contribution in [2.24, 2.45) is 71.0 Å². The van der Waals surface area contributed by atoms with Gasteiger partial charge in [-0.15, -0.1) is 0 Å². The molecule has 6 fully saturated rings. The summed E-state index contributed by atoms with van der Waals surface area (Å²) >= 11 is 0. The minimum absolute atomic E-state index is 0. The minimum atomic E-state index is -0.955. The summed E-state index contributed by atoms with van der Waals surface area (Å²) in [4.78, 5) is 0. The van der Waals surface area contributed by atoms with Gasteiger partial charge in [0, 0.05) is 8.56 Å². The van der Waals surface area contributed by atoms with Gasteiger partial charge < -0.3 is 23.7 Å². The molecule has 6 saturated carbocycles. The van der Waals surface area contributed by atoms with Crippen LogP contribution in [0.3, 0.4) is 0 Å². The molecule has 0 radical (unpaired) electrons. The predicted molar refractivity (Wildman–Crippen MR) is 365 cm³/mol. The van der Waals surface area contributed by atoms with Crippen LogP contribution in [0.15, 0.2) is 36.4 Å². The molecule has 0 heterocycles. The zero-order valence-corrected chi connectivity index (χ0v) is 56.4. The third-order valence-electron chi connectivity index (χ3n) is 22.4. The summed E-state index contributed by atoms with van der Waals surface area (Å²) in [5.74, 6) is 4.21. The molecule has 0 amide bonds. The second-order valence-electron chi connectivity index (χ2n) is 28.8. The van der Waals surface area contributed by atoms with E-state index in [1.807, 2.05) is 6.92 Å². The summed E-state index contributed by atoms with van der Waals surface area (Å²) in [5.41, 5.74) is 0.324. The van der Waals surface area contributed by atoms with Crippen LogP contribution in [0.4, 0.5) is 26.3 Å². The molecule has 6 aliphatic carbocycles. The fourth-order valence-corrected chi connectivity index (χ4v) is 16.6. The predicted octanol–water partition coefficient (Wildman–Crippen LogP) is 25.6. The van der Waals surface area contributed by atoms with Crippen molar-refractivity contribution in [1.29, 1.82) is 0 Å². The first-order chi connectivity index (χ1) is 43.3. The molecular formula is C78H132F6O5. The highest BCUT2D eigenvalue weighted by Crippen LogP contribution is 2.46. The molecule has 9 rings (SSSR count). The van der Waals surface area contributed by atoms with E-state index in [0.29, 0.717) is 56.4 Å². The van der Waals surface area contributed by atoms with Crippen molar-refractivity contribution in [3.05, 3.63) is 76.9 Å². The van der Waals surface area contributed by atoms with Crippen LogP contribution in [0, 0.1) is 113 Å². The van der Waals surface area contributed by atoms with Gasteiger partial charge in [-0.2, -0.15) is 22.0 Å². The molecule has 516 valence electrons. The van der Waals surface area contributed by atoms with Gasteiger partial charge in [-0.25, -0.2) is 4.39 Å². The minimum Gasteiger partial charge on any atom is -0.491 e. The maximum atomic E-state index is 14.3. The van der Waals surface area contributed by atoms with Crippen LogP contribution in [0.2, 0.25) is 0 Å². The van der Waals surface area contributed by atoms with E-state index in [9.17, 15) is 26.3 Å². The first-order valence-electron chi connectivity index (χ1n) is 36.9. The quantitative estimate of drug-likeness (QED) is 0.0512. The normalized spacial score (nSPS) is 27.3. The smallest absolute Gasteiger partial charge is 0.204 e. The Balaban J connectivity index is 0.000000691. The summed E-state index contributed by atoms with van der Waals surface area (Å²) < 4.78 is 112. The van der Waals surface area contributed by atoms with Gasteiger partial charge in [-0.3, -0.25) is 0 Å². The highest BCUT2D eigenvalue weighted by atomic mass is 19.2. The SMILES string of the molecule is CCCCCC1CCC(C2CCC(COc3ccc(C)c(F)c3F)CC2)CC1.CCCCCC1CCC(C2CCC(COc3ccc(OCC)c(F)c3F)CC2)CC1.CCCCCC1CCC(C2CCC(COc3ccc(OCCC)c(F)c3F)CC2)CC1.[HH].[HH].[HH].[HH].[HH].[HH]. The number of rotatable bonds is 29. The number of hydrogen-bond donors (Lipinski definition) is 0. The van der Waals surface area contributed by atoms with Crippen LogP contribution in [-0.2, 0) is 0 Å². The number of hydrogen-bond acceptors (Lipinski definition) is 5. The van der Waals surface area contributed by atoms with Crippen LogP contribution < -0.4 is 23.7 Å². The molecule has 3 aromatic rings. The molecule has 0 unspecified atom stereocenters. The van der Waals surface area contributed by atoms with Gasteiger partial charge in [0.1, 0.15) is 0 Å². The van der Waals surface area contributed by atoms with Crippen molar-refractivity contribution in [1.82, 2.24) is 0 Å². The topological polar surface area (TPSA) is 46.2 Å². The zero-order chi connectivity index (χ0) is 63.3. The van der Waals surface area contributed by atoms with Gasteiger partial charge >= 0.3 is 0 Å². The van der Waals surface area contributed by atoms with Gasteiger partial charge in [-0.1, -0.05) is 149 Å². The van der Waals surface area contributed by atoms with Gasteiger partial charge in [0.2, 0.25) is 29.1 Å². The lowest BCUT2D eigenvalue weighted by atomic mass is 9.69. The Kier molecular flexibility index (Phi) is 32.4. The van der Waals surface area contributed by atoms with Crippen molar-refractivity contribution in [3.8, 4) is 28.7 Å². The maximum Gasteiger partial charge on any atom is 0.204 e. The lowest BCUT2D eigenvalue weighted by Gasteiger charge is -2.38. The van der Waals surface area contributed by atoms with Crippen LogP contribution in [0.5, 0.6) is 28.7 Å². The fraction of sp³-hybridized carbons (Fsp3) is 0.769. The standard InChI is InChI=1S/C27H42F2O2.C26H40F2O2.C25H38F2O.6H2/c1-3-5-6-7-20-8-12-22(13-9-20)23-14-10-21(11-15-23)19-31-25-17-16-24(30-18-4-2)26(28)27(25)29;1-3-5-6-7-19-8-12-21(13-9-19)22-14-10-20(11-15-22)18-30-24-17-16-23(29-4-2)25(27)26(24)28;1-3-4-5-6-19-8-12-21(13-9-19)22-14-10-20(11-15-22)17-28-23-16-7-18(2)24(26)25(23)27;;;;;;/h16-17,20-23H,3-15,18-19H2,1-2H3;16-17,19-22H,3-15,18H2,1-2H3;7,16,19-22H,3-6,8-15,17H2,1-2H3;6*1H. The number of ether oxygens (including phenoxy) is 5. The van der Waals surface area contributed by atoms with Crippen molar-refractivity contribution in [3.63, 3.8) is 0 Å². The Morgan fingerprint density at radius 2 is 0.539 bits per heavy atom. The third kappa shape index (κ3) is 23.3. The average molecular weight is 1260 g/mol. The van der Waals surface area contributed by atoms with Crippen molar-refractivity contribution in [2.45, 2.75) is 279 Å². The molecule has 11 heteroatoms. The van der Waals surface area contributed by atoms with Crippen molar-refractivity contribution >= 4 is 0 Å².